The molecule has 0 aromatic carbocycles. The number of methoxy groups -OCH3 is 1. The van der Waals surface area contributed by atoms with Crippen molar-refractivity contribution in [3.8, 4) is 0 Å². The van der Waals surface area contributed by atoms with Crippen molar-refractivity contribution in [2.45, 2.75) is 44.9 Å². The third kappa shape index (κ3) is 3.38. The summed E-state index contributed by atoms with van der Waals surface area (Å²) < 4.78 is 5.46. The third-order valence-corrected chi connectivity index (χ3v) is 5.90. The molecule has 0 radical (unpaired) electrons. The van der Waals surface area contributed by atoms with E-state index >= 15 is 0 Å². The second-order valence-electron chi connectivity index (χ2n) is 7.32. The molecule has 1 amide bonds. The SMILES string of the molecule is COCC1CN(C(=O)CC2=CCCCC2)CC12CCNCC2. The van der Waals surface area contributed by atoms with E-state index in [1.54, 1.807) is 7.11 Å². The smallest absolute Gasteiger partial charge is 0.226 e. The lowest BCUT2D eigenvalue weighted by Gasteiger charge is -2.38. The molecule has 2 aliphatic heterocycles. The summed E-state index contributed by atoms with van der Waals surface area (Å²) in [5.74, 6) is 0.841. The first-order valence-corrected chi connectivity index (χ1v) is 8.89. The largest absolute Gasteiger partial charge is 0.384 e. The van der Waals surface area contributed by atoms with Crippen molar-refractivity contribution in [2.24, 2.45) is 11.3 Å². The van der Waals surface area contributed by atoms with Crippen LogP contribution >= 0.6 is 0 Å². The molecule has 2 fully saturated rings. The molecule has 124 valence electrons. The maximum Gasteiger partial charge on any atom is 0.226 e. The Morgan fingerprint density at radius 3 is 2.91 bits per heavy atom. The predicted molar refractivity (Wildman–Crippen MR) is 87.7 cm³/mol. The molecule has 1 unspecified atom stereocenters. The average Bonchev–Trinajstić information content (AvgIpc) is 2.88. The van der Waals surface area contributed by atoms with Gasteiger partial charge in [0.2, 0.25) is 5.91 Å². The molecule has 3 rings (SSSR count). The number of carbonyl (C=O) groups is 1. The van der Waals surface area contributed by atoms with Crippen LogP contribution in [0.4, 0.5) is 0 Å². The van der Waals surface area contributed by atoms with Gasteiger partial charge in [-0.2, -0.15) is 0 Å². The van der Waals surface area contributed by atoms with Crippen molar-refractivity contribution < 1.29 is 9.53 Å². The van der Waals surface area contributed by atoms with Crippen LogP contribution in [0.25, 0.3) is 0 Å². The first-order chi connectivity index (χ1) is 10.7. The Kier molecular flexibility index (Phi) is 5.19. The van der Waals surface area contributed by atoms with Gasteiger partial charge in [0.1, 0.15) is 0 Å². The number of rotatable bonds is 4. The minimum absolute atomic E-state index is 0.290. The van der Waals surface area contributed by atoms with E-state index < -0.39 is 0 Å². The number of likely N-dealkylation sites (tertiary alicyclic amines) is 1. The van der Waals surface area contributed by atoms with Crippen LogP contribution in [0.3, 0.4) is 0 Å². The monoisotopic (exact) mass is 306 g/mol. The zero-order valence-corrected chi connectivity index (χ0v) is 13.9. The summed E-state index contributed by atoms with van der Waals surface area (Å²) >= 11 is 0. The van der Waals surface area contributed by atoms with Crippen LogP contribution < -0.4 is 5.32 Å². The number of carbonyl (C=O) groups excluding carboxylic acids is 1. The number of piperidine rings is 1. The van der Waals surface area contributed by atoms with Crippen LogP contribution in [-0.4, -0.2) is 50.7 Å². The van der Waals surface area contributed by atoms with Crippen molar-refractivity contribution in [1.29, 1.82) is 0 Å². The minimum atomic E-state index is 0.290. The number of hydrogen-bond acceptors (Lipinski definition) is 3. The molecule has 2 saturated heterocycles. The van der Waals surface area contributed by atoms with Gasteiger partial charge >= 0.3 is 0 Å². The number of hydrogen-bond donors (Lipinski definition) is 1. The van der Waals surface area contributed by atoms with Gasteiger partial charge in [-0.15, -0.1) is 0 Å². The Morgan fingerprint density at radius 1 is 1.41 bits per heavy atom. The van der Waals surface area contributed by atoms with E-state index in [1.807, 2.05) is 0 Å². The van der Waals surface area contributed by atoms with Gasteiger partial charge in [0, 0.05) is 32.5 Å². The Labute approximate surface area is 134 Å². The molecular weight excluding hydrogens is 276 g/mol. The Balaban J connectivity index is 1.64. The summed E-state index contributed by atoms with van der Waals surface area (Å²) in [6, 6.07) is 0. The minimum Gasteiger partial charge on any atom is -0.384 e. The molecule has 1 aliphatic carbocycles. The van der Waals surface area contributed by atoms with Crippen molar-refractivity contribution in [3.63, 3.8) is 0 Å². The van der Waals surface area contributed by atoms with Crippen molar-refractivity contribution in [1.82, 2.24) is 10.2 Å². The van der Waals surface area contributed by atoms with Crippen LogP contribution in [0.1, 0.15) is 44.9 Å². The Morgan fingerprint density at radius 2 is 2.23 bits per heavy atom. The molecule has 1 spiro atoms. The molecule has 0 aromatic rings. The first-order valence-electron chi connectivity index (χ1n) is 8.89. The summed E-state index contributed by atoms with van der Waals surface area (Å²) in [6.07, 6.45) is 10.1. The lowest BCUT2D eigenvalue weighted by Crippen LogP contribution is -2.43. The van der Waals surface area contributed by atoms with E-state index in [-0.39, 0.29) is 5.41 Å². The van der Waals surface area contributed by atoms with Gasteiger partial charge in [-0.25, -0.2) is 0 Å². The summed E-state index contributed by atoms with van der Waals surface area (Å²) in [7, 11) is 1.78. The fourth-order valence-corrected chi connectivity index (χ4v) is 4.52. The normalized spacial score (nSPS) is 28.0. The lowest BCUT2D eigenvalue weighted by molar-refractivity contribution is -0.130. The Hall–Kier alpha value is -0.870. The number of amides is 1. The predicted octanol–water partition coefficient (Wildman–Crippen LogP) is 2.35. The number of ether oxygens (including phenoxy) is 1. The van der Waals surface area contributed by atoms with Crippen LogP contribution in [0.15, 0.2) is 11.6 Å². The second-order valence-corrected chi connectivity index (χ2v) is 7.32. The quantitative estimate of drug-likeness (QED) is 0.811. The molecule has 0 saturated carbocycles. The molecule has 2 heterocycles. The number of nitrogens with zero attached hydrogens (tertiary/aromatic N) is 1. The van der Waals surface area contributed by atoms with Gasteiger partial charge in [-0.1, -0.05) is 11.6 Å². The van der Waals surface area contributed by atoms with Gasteiger partial charge in [0.05, 0.1) is 6.61 Å². The van der Waals surface area contributed by atoms with Crippen LogP contribution in [0.5, 0.6) is 0 Å². The van der Waals surface area contributed by atoms with Crippen molar-refractivity contribution in [3.05, 3.63) is 11.6 Å². The lowest BCUT2D eigenvalue weighted by atomic mass is 9.71. The van der Waals surface area contributed by atoms with Gasteiger partial charge in [0.25, 0.3) is 0 Å². The highest BCUT2D eigenvalue weighted by molar-refractivity contribution is 5.79. The standard InChI is InChI=1S/C18H30N2O2/c1-22-13-16-12-20(14-18(16)7-9-19-10-8-18)17(21)11-15-5-3-2-4-6-15/h5,16,19H,2-4,6-14H2,1H3. The highest BCUT2D eigenvalue weighted by Crippen LogP contribution is 2.43. The van der Waals surface area contributed by atoms with Gasteiger partial charge in [-0.05, 0) is 57.0 Å². The summed E-state index contributed by atoms with van der Waals surface area (Å²) in [6.45, 7) is 4.77. The molecule has 4 nitrogen and oxygen atoms in total. The van der Waals surface area contributed by atoms with E-state index in [9.17, 15) is 4.79 Å². The fourth-order valence-electron chi connectivity index (χ4n) is 4.52. The summed E-state index contributed by atoms with van der Waals surface area (Å²) in [5.41, 5.74) is 1.66. The van der Waals surface area contributed by atoms with Crippen molar-refractivity contribution in [2.75, 3.05) is 39.9 Å². The molecule has 1 atom stereocenters. The van der Waals surface area contributed by atoms with E-state index in [4.69, 9.17) is 4.74 Å². The highest BCUT2D eigenvalue weighted by atomic mass is 16.5. The van der Waals surface area contributed by atoms with Crippen molar-refractivity contribution >= 4 is 5.91 Å². The molecule has 0 aromatic heterocycles. The van der Waals surface area contributed by atoms with Crippen LogP contribution in [-0.2, 0) is 9.53 Å². The first kappa shape index (κ1) is 16.0. The fraction of sp³-hybridized carbons (Fsp3) is 0.833. The third-order valence-electron chi connectivity index (χ3n) is 5.90. The van der Waals surface area contributed by atoms with E-state index in [2.05, 4.69) is 16.3 Å². The summed E-state index contributed by atoms with van der Waals surface area (Å²) in [5, 5.41) is 3.45. The zero-order chi connectivity index (χ0) is 15.4. The topological polar surface area (TPSA) is 41.6 Å². The average molecular weight is 306 g/mol. The number of allylic oxidation sites excluding steroid dienone is 1. The van der Waals surface area contributed by atoms with Gasteiger partial charge in [0.15, 0.2) is 0 Å². The molecule has 3 aliphatic rings. The second kappa shape index (κ2) is 7.14. The van der Waals surface area contributed by atoms with E-state index in [0.29, 0.717) is 18.2 Å². The maximum absolute atomic E-state index is 12.7. The van der Waals surface area contributed by atoms with Crippen LogP contribution in [0, 0.1) is 11.3 Å². The molecule has 0 bridgehead atoms. The Bertz CT molecular complexity index is 427. The van der Waals surface area contributed by atoms with Crippen LogP contribution in [0.2, 0.25) is 0 Å². The molecule has 1 N–H and O–H groups in total. The molecular formula is C18H30N2O2. The van der Waals surface area contributed by atoms with E-state index in [0.717, 1.165) is 45.6 Å². The maximum atomic E-state index is 12.7. The number of nitrogens with one attached hydrogen (secondary N) is 1. The van der Waals surface area contributed by atoms with Gasteiger partial charge in [-0.3, -0.25) is 4.79 Å². The molecule has 22 heavy (non-hydrogen) atoms. The van der Waals surface area contributed by atoms with Gasteiger partial charge < -0.3 is 15.0 Å². The van der Waals surface area contributed by atoms with E-state index in [1.165, 1.54) is 31.3 Å². The highest BCUT2D eigenvalue weighted by Gasteiger charge is 2.47. The summed E-state index contributed by atoms with van der Waals surface area (Å²) in [4.78, 5) is 14.8. The molecule has 4 heteroatoms. The zero-order valence-electron chi connectivity index (χ0n) is 13.9.